The number of nitrogens with one attached hydrogen (secondary N) is 1. The number of amides is 1. The summed E-state index contributed by atoms with van der Waals surface area (Å²) in [5.41, 5.74) is 2.03. The largest absolute Gasteiger partial charge is 0.507 e. The Morgan fingerprint density at radius 1 is 1.30 bits per heavy atom. The maximum atomic E-state index is 11.6. The zero-order valence-electron chi connectivity index (χ0n) is 10.4. The van der Waals surface area contributed by atoms with E-state index in [1.165, 1.54) is 12.1 Å². The van der Waals surface area contributed by atoms with E-state index >= 15 is 0 Å². The van der Waals surface area contributed by atoms with Crippen LogP contribution in [0.5, 0.6) is 5.75 Å². The van der Waals surface area contributed by atoms with Crippen molar-refractivity contribution in [2.45, 2.75) is 18.3 Å². The molecule has 0 fully saturated rings. The molecule has 0 unspecified atom stereocenters. The fourth-order valence-electron chi connectivity index (χ4n) is 1.32. The Kier molecular flexibility index (Phi) is 6.07. The molecule has 0 radical (unpaired) electrons. The molecule has 6 N–H and O–H groups in total. The molecule has 0 aliphatic rings. The highest BCUT2D eigenvalue weighted by molar-refractivity contribution is 5.96. The fourth-order valence-corrected chi connectivity index (χ4v) is 1.32. The second kappa shape index (κ2) is 7.56. The van der Waals surface area contributed by atoms with E-state index < -0.39 is 30.8 Å². The van der Waals surface area contributed by atoms with Crippen molar-refractivity contribution in [1.29, 1.82) is 0 Å². The van der Waals surface area contributed by atoms with E-state index in [0.717, 1.165) is 6.21 Å². The zero-order chi connectivity index (χ0) is 15.1. The Labute approximate surface area is 114 Å². The minimum absolute atomic E-state index is 0.00455. The van der Waals surface area contributed by atoms with Crippen LogP contribution >= 0.6 is 0 Å². The lowest BCUT2D eigenvalue weighted by molar-refractivity contribution is -0.0542. The molecule has 0 aliphatic carbocycles. The van der Waals surface area contributed by atoms with Crippen LogP contribution in [0, 0.1) is 0 Å². The molecule has 1 aromatic rings. The Balaban J connectivity index is 2.57. The topological polar surface area (TPSA) is 143 Å². The number of aliphatic hydroxyl groups is 4. The van der Waals surface area contributed by atoms with Gasteiger partial charge in [0.05, 0.1) is 18.4 Å². The number of phenols is 1. The van der Waals surface area contributed by atoms with Gasteiger partial charge in [0.1, 0.15) is 24.1 Å². The van der Waals surface area contributed by atoms with E-state index in [0.29, 0.717) is 0 Å². The first-order valence-corrected chi connectivity index (χ1v) is 5.74. The SMILES string of the molecule is O=C(N/N=C\[C@@H](O)[C@H](O)[C@H](O)CO)c1ccccc1O. The van der Waals surface area contributed by atoms with Crippen molar-refractivity contribution in [1.82, 2.24) is 5.43 Å². The van der Waals surface area contributed by atoms with Crippen molar-refractivity contribution >= 4 is 12.1 Å². The zero-order valence-corrected chi connectivity index (χ0v) is 10.4. The fraction of sp³-hybridized carbons (Fsp3) is 0.333. The molecule has 0 saturated carbocycles. The van der Waals surface area contributed by atoms with Crippen molar-refractivity contribution in [2.24, 2.45) is 5.10 Å². The van der Waals surface area contributed by atoms with E-state index in [4.69, 9.17) is 10.2 Å². The lowest BCUT2D eigenvalue weighted by Crippen LogP contribution is -2.40. The molecule has 3 atom stereocenters. The molecule has 0 aliphatic heterocycles. The summed E-state index contributed by atoms with van der Waals surface area (Å²) in [6, 6.07) is 5.80. The molecule has 8 heteroatoms. The van der Waals surface area contributed by atoms with Crippen LogP contribution in [0.25, 0.3) is 0 Å². The number of nitrogens with zero attached hydrogens (tertiary/aromatic N) is 1. The van der Waals surface area contributed by atoms with Gasteiger partial charge in [-0.1, -0.05) is 12.1 Å². The molecule has 1 rings (SSSR count). The summed E-state index contributed by atoms with van der Waals surface area (Å²) in [7, 11) is 0. The van der Waals surface area contributed by atoms with Crippen LogP contribution < -0.4 is 5.43 Å². The highest BCUT2D eigenvalue weighted by atomic mass is 16.4. The van der Waals surface area contributed by atoms with Gasteiger partial charge in [0.25, 0.3) is 5.91 Å². The molecule has 1 aromatic carbocycles. The molecule has 0 spiro atoms. The van der Waals surface area contributed by atoms with Crippen LogP contribution in [-0.2, 0) is 0 Å². The quantitative estimate of drug-likeness (QED) is 0.268. The average molecular weight is 284 g/mol. The lowest BCUT2D eigenvalue weighted by atomic mass is 10.1. The standard InChI is InChI=1S/C12H16N2O6/c15-6-10(18)11(19)9(17)5-13-14-12(20)7-3-1-2-4-8(7)16/h1-5,9-11,15-19H,6H2,(H,14,20)/b13-5-/t9-,10-,11+/m1/s1. The van der Waals surface area contributed by atoms with Crippen LogP contribution in [0.2, 0.25) is 0 Å². The molecule has 0 aromatic heterocycles. The number of carbonyl (C=O) groups excluding carboxylic acids is 1. The number of hydrazone groups is 1. The van der Waals surface area contributed by atoms with Crippen molar-refractivity contribution in [2.75, 3.05) is 6.61 Å². The Morgan fingerprint density at radius 3 is 2.55 bits per heavy atom. The predicted octanol–water partition coefficient (Wildman–Crippen LogP) is -1.82. The van der Waals surface area contributed by atoms with Gasteiger partial charge in [-0.2, -0.15) is 5.10 Å². The summed E-state index contributed by atoms with van der Waals surface area (Å²) in [6.45, 7) is -0.726. The molecule has 20 heavy (non-hydrogen) atoms. The summed E-state index contributed by atoms with van der Waals surface area (Å²) in [5, 5.41) is 49.2. The summed E-state index contributed by atoms with van der Waals surface area (Å²) >= 11 is 0. The van der Waals surface area contributed by atoms with Crippen LogP contribution in [0.1, 0.15) is 10.4 Å². The number of aliphatic hydroxyl groups excluding tert-OH is 4. The smallest absolute Gasteiger partial charge is 0.275 e. The Morgan fingerprint density at radius 2 is 1.95 bits per heavy atom. The number of para-hydroxylation sites is 1. The van der Waals surface area contributed by atoms with Crippen LogP contribution in [0.3, 0.4) is 0 Å². The van der Waals surface area contributed by atoms with Gasteiger partial charge in [-0.15, -0.1) is 0 Å². The number of benzene rings is 1. The third kappa shape index (κ3) is 4.28. The van der Waals surface area contributed by atoms with Crippen LogP contribution in [-0.4, -0.2) is 62.6 Å². The second-order valence-corrected chi connectivity index (χ2v) is 3.97. The van der Waals surface area contributed by atoms with Crippen LogP contribution in [0.4, 0.5) is 0 Å². The maximum Gasteiger partial charge on any atom is 0.275 e. The van der Waals surface area contributed by atoms with Crippen molar-refractivity contribution < 1.29 is 30.3 Å². The van der Waals surface area contributed by atoms with Crippen molar-refractivity contribution in [3.63, 3.8) is 0 Å². The molecule has 0 saturated heterocycles. The average Bonchev–Trinajstić information content (AvgIpc) is 2.45. The number of hydrogen-bond acceptors (Lipinski definition) is 7. The molecule has 1 amide bonds. The number of aromatic hydroxyl groups is 1. The molecule has 110 valence electrons. The van der Waals surface area contributed by atoms with Gasteiger partial charge in [-0.25, -0.2) is 5.43 Å². The van der Waals surface area contributed by atoms with Gasteiger partial charge >= 0.3 is 0 Å². The first-order valence-electron chi connectivity index (χ1n) is 5.74. The third-order valence-corrected chi connectivity index (χ3v) is 2.47. The summed E-state index contributed by atoms with van der Waals surface area (Å²) < 4.78 is 0. The second-order valence-electron chi connectivity index (χ2n) is 3.97. The monoisotopic (exact) mass is 284 g/mol. The van der Waals surface area contributed by atoms with Gasteiger partial charge in [0.15, 0.2) is 0 Å². The summed E-state index contributed by atoms with van der Waals surface area (Å²) in [6.07, 6.45) is -3.93. The van der Waals surface area contributed by atoms with E-state index in [1.54, 1.807) is 12.1 Å². The van der Waals surface area contributed by atoms with Crippen molar-refractivity contribution in [3.8, 4) is 5.75 Å². The van der Waals surface area contributed by atoms with E-state index in [2.05, 4.69) is 5.10 Å². The highest BCUT2D eigenvalue weighted by Gasteiger charge is 2.22. The van der Waals surface area contributed by atoms with Gasteiger partial charge in [0.2, 0.25) is 0 Å². The minimum Gasteiger partial charge on any atom is -0.507 e. The molecule has 8 nitrogen and oxygen atoms in total. The summed E-state index contributed by atoms with van der Waals surface area (Å²) in [5.74, 6) is -0.930. The Bertz CT molecular complexity index is 479. The van der Waals surface area contributed by atoms with Gasteiger partial charge in [0, 0.05) is 0 Å². The highest BCUT2D eigenvalue weighted by Crippen LogP contribution is 2.14. The van der Waals surface area contributed by atoms with Crippen molar-refractivity contribution in [3.05, 3.63) is 29.8 Å². The number of rotatable bonds is 6. The first-order chi connectivity index (χ1) is 9.47. The third-order valence-electron chi connectivity index (χ3n) is 2.47. The molecule has 0 bridgehead atoms. The number of phenolic OH excluding ortho intramolecular Hbond substituents is 1. The van der Waals surface area contributed by atoms with Gasteiger partial charge in [-0.05, 0) is 12.1 Å². The molecular formula is C12H16N2O6. The Hall–Kier alpha value is -2.00. The number of carbonyl (C=O) groups is 1. The van der Waals surface area contributed by atoms with E-state index in [9.17, 15) is 20.1 Å². The summed E-state index contributed by atoms with van der Waals surface area (Å²) in [4.78, 5) is 11.6. The van der Waals surface area contributed by atoms with Crippen LogP contribution in [0.15, 0.2) is 29.4 Å². The predicted molar refractivity (Wildman–Crippen MR) is 69.2 cm³/mol. The van der Waals surface area contributed by atoms with E-state index in [-0.39, 0.29) is 11.3 Å². The first kappa shape index (κ1) is 16.1. The lowest BCUT2D eigenvalue weighted by Gasteiger charge is -2.17. The minimum atomic E-state index is -1.63. The number of hydrogen-bond donors (Lipinski definition) is 6. The molecular weight excluding hydrogens is 268 g/mol. The maximum absolute atomic E-state index is 11.6. The normalized spacial score (nSPS) is 15.8. The van der Waals surface area contributed by atoms with Gasteiger partial charge < -0.3 is 25.5 Å². The molecule has 0 heterocycles. The van der Waals surface area contributed by atoms with Gasteiger partial charge in [-0.3, -0.25) is 4.79 Å². The van der Waals surface area contributed by atoms with E-state index in [1.807, 2.05) is 5.43 Å².